The molecule has 1 N–H and O–H groups in total. The van der Waals surface area contributed by atoms with Gasteiger partial charge in [0.15, 0.2) is 0 Å². The summed E-state index contributed by atoms with van der Waals surface area (Å²) in [6.07, 6.45) is 1.38. The molecule has 1 heterocycles. The van der Waals surface area contributed by atoms with Crippen molar-refractivity contribution in [3.05, 3.63) is 35.4 Å². The highest BCUT2D eigenvalue weighted by Crippen LogP contribution is 2.10. The van der Waals surface area contributed by atoms with E-state index >= 15 is 0 Å². The highest BCUT2D eigenvalue weighted by atomic mass is 16.1. The molecule has 23 heavy (non-hydrogen) atoms. The third-order valence-electron chi connectivity index (χ3n) is 4.57. The summed E-state index contributed by atoms with van der Waals surface area (Å²) < 4.78 is 0. The van der Waals surface area contributed by atoms with Crippen molar-refractivity contribution in [1.29, 1.82) is 0 Å². The summed E-state index contributed by atoms with van der Waals surface area (Å²) in [7, 11) is 0. The molecular formula is C19H31N3O. The minimum absolute atomic E-state index is 0.380. The van der Waals surface area contributed by atoms with Gasteiger partial charge < -0.3 is 10.2 Å². The topological polar surface area (TPSA) is 35.6 Å². The largest absolute Gasteiger partial charge is 0.313 e. The van der Waals surface area contributed by atoms with Crippen LogP contribution in [0.25, 0.3) is 0 Å². The molecule has 0 spiro atoms. The number of nitrogens with zero attached hydrogens (tertiary/aromatic N) is 2. The van der Waals surface area contributed by atoms with Gasteiger partial charge in [-0.15, -0.1) is 0 Å². The number of hydrogen-bond acceptors (Lipinski definition) is 4. The first-order valence-electron chi connectivity index (χ1n) is 8.96. The Kier molecular flexibility index (Phi) is 7.72. The van der Waals surface area contributed by atoms with Crippen LogP contribution in [0.3, 0.4) is 0 Å². The molecule has 0 aromatic heterocycles. The number of ketones is 1. The number of Topliss-reactive ketones (excluding diaryl/α,β-unsaturated/α-hetero) is 1. The Morgan fingerprint density at radius 1 is 1.00 bits per heavy atom. The maximum atomic E-state index is 11.4. The van der Waals surface area contributed by atoms with E-state index in [4.69, 9.17) is 0 Å². The third kappa shape index (κ3) is 6.42. The number of hydrogen-bond donors (Lipinski definition) is 1. The van der Waals surface area contributed by atoms with Crippen molar-refractivity contribution in [1.82, 2.24) is 15.1 Å². The lowest BCUT2D eigenvalue weighted by Crippen LogP contribution is -2.46. The number of rotatable bonds is 9. The lowest BCUT2D eigenvalue weighted by atomic mass is 10.1. The molecule has 1 aliphatic heterocycles. The fraction of sp³-hybridized carbons (Fsp3) is 0.632. The van der Waals surface area contributed by atoms with Gasteiger partial charge in [-0.2, -0.15) is 0 Å². The van der Waals surface area contributed by atoms with Crippen LogP contribution in [0.4, 0.5) is 0 Å². The van der Waals surface area contributed by atoms with E-state index in [0.717, 1.165) is 52.4 Å². The second-order valence-electron chi connectivity index (χ2n) is 6.36. The second-order valence-corrected chi connectivity index (χ2v) is 6.36. The molecule has 0 saturated carbocycles. The summed E-state index contributed by atoms with van der Waals surface area (Å²) in [4.78, 5) is 16.3. The molecule has 4 nitrogen and oxygen atoms in total. The fourth-order valence-electron chi connectivity index (χ4n) is 2.92. The Labute approximate surface area is 140 Å². The molecule has 2 rings (SSSR count). The zero-order chi connectivity index (χ0) is 16.5. The highest BCUT2D eigenvalue weighted by Gasteiger charge is 2.17. The Bertz CT molecular complexity index is 464. The van der Waals surface area contributed by atoms with E-state index in [1.54, 1.807) is 0 Å². The zero-order valence-corrected chi connectivity index (χ0v) is 14.7. The summed E-state index contributed by atoms with van der Waals surface area (Å²) >= 11 is 0. The summed E-state index contributed by atoms with van der Waals surface area (Å²) in [5.74, 6) is 0.380. The van der Waals surface area contributed by atoms with Gasteiger partial charge in [-0.3, -0.25) is 9.69 Å². The van der Waals surface area contributed by atoms with Crippen LogP contribution in [-0.4, -0.2) is 54.9 Å². The zero-order valence-electron chi connectivity index (χ0n) is 14.7. The standard InChI is InChI=1S/C19H31N3O/c1-3-19(23)9-10-21-11-13-22(14-12-21)16-18-7-5-17(6-8-18)15-20-4-2/h5-8,20H,3-4,9-16H2,1-2H3. The minimum atomic E-state index is 0.380. The Hall–Kier alpha value is -1.23. The van der Waals surface area contributed by atoms with Crippen molar-refractivity contribution in [2.24, 2.45) is 0 Å². The molecule has 1 aromatic carbocycles. The van der Waals surface area contributed by atoms with Gasteiger partial charge in [-0.05, 0) is 17.7 Å². The molecule has 1 saturated heterocycles. The smallest absolute Gasteiger partial charge is 0.133 e. The molecule has 4 heteroatoms. The molecular weight excluding hydrogens is 286 g/mol. The molecule has 0 amide bonds. The van der Waals surface area contributed by atoms with Gasteiger partial charge in [0.2, 0.25) is 0 Å². The van der Waals surface area contributed by atoms with Gasteiger partial charge >= 0.3 is 0 Å². The quantitative estimate of drug-likeness (QED) is 0.758. The van der Waals surface area contributed by atoms with Crippen molar-refractivity contribution in [2.45, 2.75) is 39.8 Å². The number of carbonyl (C=O) groups is 1. The highest BCUT2D eigenvalue weighted by molar-refractivity contribution is 5.78. The van der Waals surface area contributed by atoms with Crippen LogP contribution in [0.1, 0.15) is 37.8 Å². The van der Waals surface area contributed by atoms with Crippen molar-refractivity contribution < 1.29 is 4.79 Å². The van der Waals surface area contributed by atoms with Crippen LogP contribution in [0.2, 0.25) is 0 Å². The van der Waals surface area contributed by atoms with E-state index in [1.807, 2.05) is 6.92 Å². The molecule has 128 valence electrons. The van der Waals surface area contributed by atoms with Gasteiger partial charge in [-0.1, -0.05) is 38.1 Å². The van der Waals surface area contributed by atoms with E-state index < -0.39 is 0 Å². The van der Waals surface area contributed by atoms with Crippen LogP contribution in [0.15, 0.2) is 24.3 Å². The first kappa shape index (κ1) is 18.1. The summed E-state index contributed by atoms with van der Waals surface area (Å²) in [6.45, 7) is 12.4. The molecule has 1 aliphatic rings. The summed E-state index contributed by atoms with van der Waals surface area (Å²) in [5.41, 5.74) is 2.74. The van der Waals surface area contributed by atoms with Gasteiger partial charge in [-0.25, -0.2) is 0 Å². The monoisotopic (exact) mass is 317 g/mol. The predicted molar refractivity (Wildman–Crippen MR) is 95.5 cm³/mol. The fourth-order valence-corrected chi connectivity index (χ4v) is 2.92. The predicted octanol–water partition coefficient (Wildman–Crippen LogP) is 2.28. The number of nitrogens with one attached hydrogen (secondary N) is 1. The van der Waals surface area contributed by atoms with E-state index in [2.05, 4.69) is 46.3 Å². The Morgan fingerprint density at radius 2 is 1.61 bits per heavy atom. The van der Waals surface area contributed by atoms with Crippen molar-refractivity contribution >= 4 is 5.78 Å². The van der Waals surface area contributed by atoms with Gasteiger partial charge in [0.25, 0.3) is 0 Å². The third-order valence-corrected chi connectivity index (χ3v) is 4.57. The Morgan fingerprint density at radius 3 is 2.22 bits per heavy atom. The maximum Gasteiger partial charge on any atom is 0.133 e. The van der Waals surface area contributed by atoms with E-state index in [-0.39, 0.29) is 0 Å². The van der Waals surface area contributed by atoms with Crippen molar-refractivity contribution in [2.75, 3.05) is 39.3 Å². The molecule has 0 unspecified atom stereocenters. The molecule has 0 aliphatic carbocycles. The van der Waals surface area contributed by atoms with Crippen molar-refractivity contribution in [3.63, 3.8) is 0 Å². The van der Waals surface area contributed by atoms with E-state index in [0.29, 0.717) is 18.6 Å². The Balaban J connectivity index is 1.70. The first-order valence-corrected chi connectivity index (χ1v) is 8.96. The lowest BCUT2D eigenvalue weighted by Gasteiger charge is -2.34. The average Bonchev–Trinajstić information content (AvgIpc) is 2.60. The van der Waals surface area contributed by atoms with Crippen LogP contribution < -0.4 is 5.32 Å². The van der Waals surface area contributed by atoms with E-state index in [9.17, 15) is 4.79 Å². The SMILES string of the molecule is CCNCc1ccc(CN2CCN(CCC(=O)CC)CC2)cc1. The number of piperazine rings is 1. The summed E-state index contributed by atoms with van der Waals surface area (Å²) in [5, 5.41) is 3.35. The maximum absolute atomic E-state index is 11.4. The normalized spacial score (nSPS) is 16.6. The van der Waals surface area contributed by atoms with Gasteiger partial charge in [0, 0.05) is 58.7 Å². The molecule has 0 atom stereocenters. The van der Waals surface area contributed by atoms with Crippen LogP contribution in [0, 0.1) is 0 Å². The minimum Gasteiger partial charge on any atom is -0.313 e. The average molecular weight is 317 g/mol. The van der Waals surface area contributed by atoms with Gasteiger partial charge in [0.1, 0.15) is 5.78 Å². The second kappa shape index (κ2) is 9.81. The lowest BCUT2D eigenvalue weighted by molar-refractivity contribution is -0.119. The van der Waals surface area contributed by atoms with Crippen LogP contribution >= 0.6 is 0 Å². The molecule has 1 aromatic rings. The number of carbonyl (C=O) groups excluding carboxylic acids is 1. The van der Waals surface area contributed by atoms with Crippen LogP contribution in [0.5, 0.6) is 0 Å². The molecule has 1 fully saturated rings. The summed E-state index contributed by atoms with van der Waals surface area (Å²) in [6, 6.07) is 8.95. The van der Waals surface area contributed by atoms with Crippen molar-refractivity contribution in [3.8, 4) is 0 Å². The van der Waals surface area contributed by atoms with E-state index in [1.165, 1.54) is 11.1 Å². The molecule has 0 radical (unpaired) electrons. The van der Waals surface area contributed by atoms with Gasteiger partial charge in [0.05, 0.1) is 0 Å². The number of benzene rings is 1. The molecule has 0 bridgehead atoms. The first-order chi connectivity index (χ1) is 11.2. The van der Waals surface area contributed by atoms with Crippen LogP contribution in [-0.2, 0) is 17.9 Å².